The molecule has 0 unspecified atom stereocenters. The van der Waals surface area contributed by atoms with Gasteiger partial charge in [0.25, 0.3) is 5.91 Å². The third kappa shape index (κ3) is 5.33. The van der Waals surface area contributed by atoms with Crippen molar-refractivity contribution in [1.82, 2.24) is 19.7 Å². The van der Waals surface area contributed by atoms with Gasteiger partial charge < -0.3 is 15.1 Å². The largest absolute Gasteiger partial charge is 0.325 e. The molecule has 1 N–H and O–H groups in total. The Hall–Kier alpha value is -2.71. The minimum Gasteiger partial charge on any atom is -0.325 e. The van der Waals surface area contributed by atoms with Gasteiger partial charge in [0.2, 0.25) is 0 Å². The summed E-state index contributed by atoms with van der Waals surface area (Å²) < 4.78 is 13.8. The molecule has 1 atom stereocenters. The fourth-order valence-corrected chi connectivity index (χ4v) is 4.89. The van der Waals surface area contributed by atoms with Crippen molar-refractivity contribution >= 4 is 29.2 Å². The molecule has 9 heteroatoms. The summed E-state index contributed by atoms with van der Waals surface area (Å²) in [6, 6.07) is 5.06. The Labute approximate surface area is 204 Å². The summed E-state index contributed by atoms with van der Waals surface area (Å²) in [5, 5.41) is 3.36. The Morgan fingerprint density at radius 2 is 1.88 bits per heavy atom. The third-order valence-electron chi connectivity index (χ3n) is 6.74. The van der Waals surface area contributed by atoms with E-state index in [1.165, 1.54) is 12.3 Å². The second kappa shape index (κ2) is 10.3. The van der Waals surface area contributed by atoms with Crippen LogP contribution in [-0.2, 0) is 6.54 Å². The van der Waals surface area contributed by atoms with Crippen LogP contribution >= 0.6 is 11.6 Å². The summed E-state index contributed by atoms with van der Waals surface area (Å²) in [5.74, 6) is -0.960. The molecule has 2 aromatic rings. The molecule has 0 saturated carbocycles. The Morgan fingerprint density at radius 3 is 2.56 bits per heavy atom. The van der Waals surface area contributed by atoms with Gasteiger partial charge in [0.15, 0.2) is 0 Å². The predicted molar refractivity (Wildman–Crippen MR) is 131 cm³/mol. The Kier molecular flexibility index (Phi) is 7.38. The molecule has 1 aromatic carbocycles. The standard InChI is InChI=1S/C25H31ClFN5O2/c1-16-14-30(8-9-32(16)25(34)31-6-4-5-7-31)15-20-10-21(26)12-23(17(20)2)29-24(33)19-11-22(27)18(3)28-13-19/h10-13,16H,4-9,14-15H2,1-3H3,(H,29,33)/t16-/m0/s1. The van der Waals surface area contributed by atoms with Gasteiger partial charge >= 0.3 is 6.03 Å². The highest BCUT2D eigenvalue weighted by Crippen LogP contribution is 2.27. The first kappa shape index (κ1) is 24.4. The number of halogens is 2. The van der Waals surface area contributed by atoms with Gasteiger partial charge in [0, 0.05) is 62.2 Å². The van der Waals surface area contributed by atoms with Gasteiger partial charge in [-0.25, -0.2) is 9.18 Å². The number of urea groups is 1. The molecule has 0 spiro atoms. The van der Waals surface area contributed by atoms with Gasteiger partial charge in [-0.2, -0.15) is 0 Å². The van der Waals surface area contributed by atoms with Gasteiger partial charge in [0.1, 0.15) is 5.82 Å². The van der Waals surface area contributed by atoms with Crippen molar-refractivity contribution in [3.8, 4) is 0 Å². The molecule has 3 amide bonds. The van der Waals surface area contributed by atoms with Crippen molar-refractivity contribution in [2.24, 2.45) is 0 Å². The van der Waals surface area contributed by atoms with Crippen molar-refractivity contribution < 1.29 is 14.0 Å². The number of aryl methyl sites for hydroxylation is 1. The SMILES string of the molecule is Cc1ncc(C(=O)Nc2cc(Cl)cc(CN3CCN(C(=O)N4CCCC4)[C@@H](C)C3)c2C)cc1F. The number of rotatable bonds is 4. The average Bonchev–Trinajstić information content (AvgIpc) is 3.33. The maximum Gasteiger partial charge on any atom is 0.320 e. The van der Waals surface area contributed by atoms with Crippen LogP contribution in [0.2, 0.25) is 5.02 Å². The summed E-state index contributed by atoms with van der Waals surface area (Å²) in [5.41, 5.74) is 2.89. The fraction of sp³-hybridized carbons (Fsp3) is 0.480. The van der Waals surface area contributed by atoms with Crippen LogP contribution in [0.1, 0.15) is 46.9 Å². The van der Waals surface area contributed by atoms with Crippen molar-refractivity contribution in [3.63, 3.8) is 0 Å². The van der Waals surface area contributed by atoms with Gasteiger partial charge in [-0.05, 0) is 62.9 Å². The van der Waals surface area contributed by atoms with E-state index in [0.717, 1.165) is 50.1 Å². The number of hydrogen-bond acceptors (Lipinski definition) is 4. The number of benzene rings is 1. The Bertz CT molecular complexity index is 1090. The quantitative estimate of drug-likeness (QED) is 0.691. The van der Waals surface area contributed by atoms with Gasteiger partial charge in [-0.3, -0.25) is 14.7 Å². The highest BCUT2D eigenvalue weighted by atomic mass is 35.5. The number of carbonyl (C=O) groups excluding carboxylic acids is 2. The molecular weight excluding hydrogens is 457 g/mol. The number of nitrogens with one attached hydrogen (secondary N) is 1. The molecule has 0 radical (unpaired) electrons. The van der Waals surface area contributed by atoms with Crippen LogP contribution in [0.15, 0.2) is 24.4 Å². The van der Waals surface area contributed by atoms with E-state index >= 15 is 0 Å². The second-order valence-corrected chi connectivity index (χ2v) is 9.67. The van der Waals surface area contributed by atoms with Crippen LogP contribution in [0, 0.1) is 19.7 Å². The molecule has 2 aliphatic heterocycles. The van der Waals surface area contributed by atoms with Crippen molar-refractivity contribution in [1.29, 1.82) is 0 Å². The molecule has 182 valence electrons. The number of likely N-dealkylation sites (tertiary alicyclic amines) is 1. The average molecular weight is 488 g/mol. The molecule has 0 bridgehead atoms. The lowest BCUT2D eigenvalue weighted by molar-refractivity contribution is 0.0814. The van der Waals surface area contributed by atoms with E-state index in [2.05, 4.69) is 22.1 Å². The molecule has 3 heterocycles. The molecule has 0 aliphatic carbocycles. The number of amides is 3. The van der Waals surface area contributed by atoms with Crippen molar-refractivity contribution in [2.75, 3.05) is 38.0 Å². The summed E-state index contributed by atoms with van der Waals surface area (Å²) in [6.07, 6.45) is 3.53. The number of piperazine rings is 1. The number of anilines is 1. The van der Waals surface area contributed by atoms with Crippen LogP contribution in [0.3, 0.4) is 0 Å². The summed E-state index contributed by atoms with van der Waals surface area (Å²) in [4.78, 5) is 35.7. The lowest BCUT2D eigenvalue weighted by Crippen LogP contribution is -2.56. The van der Waals surface area contributed by atoms with Crippen LogP contribution in [0.4, 0.5) is 14.9 Å². The Balaban J connectivity index is 1.43. The summed E-state index contributed by atoms with van der Waals surface area (Å²) >= 11 is 6.38. The first-order chi connectivity index (χ1) is 16.2. The molecule has 7 nitrogen and oxygen atoms in total. The van der Waals surface area contributed by atoms with Crippen molar-refractivity contribution in [2.45, 2.75) is 46.2 Å². The predicted octanol–water partition coefficient (Wildman–Crippen LogP) is 4.47. The van der Waals surface area contributed by atoms with Crippen LogP contribution in [-0.4, -0.2) is 70.4 Å². The zero-order chi connectivity index (χ0) is 24.4. The van der Waals surface area contributed by atoms with Crippen LogP contribution < -0.4 is 5.32 Å². The van der Waals surface area contributed by atoms with E-state index < -0.39 is 11.7 Å². The minimum absolute atomic E-state index is 0.115. The number of hydrogen-bond donors (Lipinski definition) is 1. The van der Waals surface area contributed by atoms with Crippen LogP contribution in [0.5, 0.6) is 0 Å². The lowest BCUT2D eigenvalue weighted by Gasteiger charge is -2.41. The second-order valence-electron chi connectivity index (χ2n) is 9.24. The van der Waals surface area contributed by atoms with E-state index in [-0.39, 0.29) is 23.3 Å². The van der Waals surface area contributed by atoms with Gasteiger partial charge in [0.05, 0.1) is 11.3 Å². The van der Waals surface area contributed by atoms with E-state index in [1.807, 2.05) is 22.8 Å². The number of carbonyl (C=O) groups is 2. The maximum absolute atomic E-state index is 13.8. The molecule has 4 rings (SSSR count). The molecular formula is C25H31ClFN5O2. The van der Waals surface area contributed by atoms with Gasteiger partial charge in [-0.1, -0.05) is 11.6 Å². The summed E-state index contributed by atoms with van der Waals surface area (Å²) in [6.45, 7) is 10.2. The smallest absolute Gasteiger partial charge is 0.320 e. The van der Waals surface area contributed by atoms with E-state index in [0.29, 0.717) is 23.8 Å². The van der Waals surface area contributed by atoms with E-state index in [1.54, 1.807) is 13.0 Å². The normalized spacial score (nSPS) is 18.9. The third-order valence-corrected chi connectivity index (χ3v) is 6.96. The number of aromatic nitrogens is 1. The summed E-state index contributed by atoms with van der Waals surface area (Å²) in [7, 11) is 0. The first-order valence-electron chi connectivity index (χ1n) is 11.7. The number of pyridine rings is 1. The zero-order valence-corrected chi connectivity index (χ0v) is 20.7. The topological polar surface area (TPSA) is 68.8 Å². The molecule has 34 heavy (non-hydrogen) atoms. The van der Waals surface area contributed by atoms with E-state index in [4.69, 9.17) is 11.6 Å². The minimum atomic E-state index is -0.521. The molecule has 2 fully saturated rings. The van der Waals surface area contributed by atoms with Crippen molar-refractivity contribution in [3.05, 3.63) is 57.6 Å². The molecule has 1 aromatic heterocycles. The maximum atomic E-state index is 13.8. The van der Waals surface area contributed by atoms with E-state index in [9.17, 15) is 14.0 Å². The highest BCUT2D eigenvalue weighted by Gasteiger charge is 2.31. The fourth-order valence-electron chi connectivity index (χ4n) is 4.65. The molecule has 2 saturated heterocycles. The zero-order valence-electron chi connectivity index (χ0n) is 19.9. The molecule has 2 aliphatic rings. The number of nitrogens with zero attached hydrogens (tertiary/aromatic N) is 4. The monoisotopic (exact) mass is 487 g/mol. The lowest BCUT2D eigenvalue weighted by atomic mass is 10.0. The Morgan fingerprint density at radius 1 is 1.15 bits per heavy atom. The first-order valence-corrected chi connectivity index (χ1v) is 12.1. The van der Waals surface area contributed by atoms with Crippen LogP contribution in [0.25, 0.3) is 0 Å². The van der Waals surface area contributed by atoms with Gasteiger partial charge in [-0.15, -0.1) is 0 Å². The highest BCUT2D eigenvalue weighted by molar-refractivity contribution is 6.31.